The first kappa shape index (κ1) is 8.38. The summed E-state index contributed by atoms with van der Waals surface area (Å²) in [6.07, 6.45) is 0. The van der Waals surface area contributed by atoms with Crippen molar-refractivity contribution in [3.05, 3.63) is 4.91 Å². The third-order valence-corrected chi connectivity index (χ3v) is 1.24. The van der Waals surface area contributed by atoms with Crippen molar-refractivity contribution in [1.82, 2.24) is 0 Å². The molecular weight excluding hydrogens is 145 g/mol. The summed E-state index contributed by atoms with van der Waals surface area (Å²) < 4.78 is 2.38. The van der Waals surface area contributed by atoms with Crippen LogP contribution in [0.3, 0.4) is 0 Å². The Hall–Kier alpha value is -0.620. The van der Waals surface area contributed by atoms with Gasteiger partial charge in [-0.05, 0) is 0 Å². The van der Waals surface area contributed by atoms with Crippen LogP contribution in [0, 0.1) is 4.91 Å². The molecule has 0 heterocycles. The molecule has 0 aromatic heterocycles. The average molecular weight is 151 g/mol. The molecule has 0 rings (SSSR count). The molecule has 0 aliphatic carbocycles. The number of carboxylic acid groups (broad SMARTS) is 1. The number of rotatable bonds is 4. The minimum Gasteiger partial charge on any atom is -0.480 e. The molecule has 1 atom stereocenters. The highest BCUT2D eigenvalue weighted by Crippen LogP contribution is 2.00. The van der Waals surface area contributed by atoms with Crippen LogP contribution in [0.2, 0.25) is 0 Å². The van der Waals surface area contributed by atoms with Crippen molar-refractivity contribution in [3.63, 3.8) is 0 Å². The van der Waals surface area contributed by atoms with E-state index in [2.05, 4.69) is 4.58 Å². The molecule has 0 aromatic carbocycles. The Bertz CT molecular complexity index is 118. The number of nitroso groups, excluding NO2 is 1. The standard InChI is InChI=1S/C3H6N2O3S/c4-2(3(6)7)1-9-5-8/h2H,1,4H2,(H,6,7)/t2-/m0/s1/i5+1. The maximum Gasteiger partial charge on any atom is 0.321 e. The van der Waals surface area contributed by atoms with E-state index in [-0.39, 0.29) is 5.75 Å². The van der Waals surface area contributed by atoms with Gasteiger partial charge in [0.2, 0.25) is 0 Å². The van der Waals surface area contributed by atoms with Crippen molar-refractivity contribution >= 4 is 17.9 Å². The smallest absolute Gasteiger partial charge is 0.321 e. The molecule has 0 saturated carbocycles. The zero-order chi connectivity index (χ0) is 7.28. The predicted octanol–water partition coefficient (Wildman–Crippen LogP) is -0.187. The van der Waals surface area contributed by atoms with Gasteiger partial charge in [-0.3, -0.25) is 4.79 Å². The fourth-order valence-electron chi connectivity index (χ4n) is 0.182. The maximum atomic E-state index is 9.92. The Balaban J connectivity index is 3.37. The number of aliphatic carboxylic acids is 1. The lowest BCUT2D eigenvalue weighted by atomic mass is 10.4. The van der Waals surface area contributed by atoms with Gasteiger partial charge in [-0.1, -0.05) is 0 Å². The molecule has 0 saturated heterocycles. The molecule has 5 nitrogen and oxygen atoms in total. The van der Waals surface area contributed by atoms with Crippen molar-refractivity contribution in [1.29, 1.82) is 0 Å². The van der Waals surface area contributed by atoms with Gasteiger partial charge in [0.15, 0.2) is 0 Å². The first-order chi connectivity index (χ1) is 4.18. The normalized spacial score (nSPS) is 12.6. The lowest BCUT2D eigenvalue weighted by Crippen LogP contribution is -2.32. The molecule has 0 aliphatic rings. The van der Waals surface area contributed by atoms with Crippen LogP contribution in [-0.4, -0.2) is 22.9 Å². The topological polar surface area (TPSA) is 92.8 Å². The quantitative estimate of drug-likeness (QED) is 0.330. The van der Waals surface area contributed by atoms with Crippen LogP contribution >= 0.6 is 11.9 Å². The van der Waals surface area contributed by atoms with Crippen LogP contribution in [0.25, 0.3) is 0 Å². The third kappa shape index (κ3) is 3.92. The molecular formula is C3H6N2O3S. The number of nitrogens with two attached hydrogens (primary N) is 1. The maximum absolute atomic E-state index is 9.92. The van der Waals surface area contributed by atoms with Gasteiger partial charge in [0.25, 0.3) is 0 Å². The summed E-state index contributed by atoms with van der Waals surface area (Å²) in [5.74, 6) is -1.09. The molecule has 0 aliphatic heterocycles. The number of carboxylic acids is 1. The summed E-state index contributed by atoms with van der Waals surface area (Å²) in [6.45, 7) is 0. The Labute approximate surface area is 55.7 Å². The van der Waals surface area contributed by atoms with Gasteiger partial charge in [-0.25, -0.2) is 0 Å². The highest BCUT2D eigenvalue weighted by Gasteiger charge is 2.10. The van der Waals surface area contributed by atoms with E-state index in [1.165, 1.54) is 0 Å². The first-order valence-corrected chi connectivity index (χ1v) is 3.05. The number of hydrogen-bond acceptors (Lipinski definition) is 5. The summed E-state index contributed by atoms with van der Waals surface area (Å²) in [4.78, 5) is 19.3. The molecule has 52 valence electrons. The van der Waals surface area contributed by atoms with E-state index >= 15 is 0 Å². The summed E-state index contributed by atoms with van der Waals surface area (Å²) in [5, 5.41) is 8.13. The van der Waals surface area contributed by atoms with Gasteiger partial charge in [-0.15, -0.1) is 4.91 Å². The van der Waals surface area contributed by atoms with E-state index in [9.17, 15) is 9.70 Å². The van der Waals surface area contributed by atoms with Crippen LogP contribution in [0.5, 0.6) is 0 Å². The van der Waals surface area contributed by atoms with E-state index in [4.69, 9.17) is 10.8 Å². The van der Waals surface area contributed by atoms with Gasteiger partial charge in [0, 0.05) is 22.3 Å². The lowest BCUT2D eigenvalue weighted by molar-refractivity contribution is -0.137. The van der Waals surface area contributed by atoms with E-state index in [1.807, 2.05) is 0 Å². The van der Waals surface area contributed by atoms with Crippen molar-refractivity contribution in [2.45, 2.75) is 6.04 Å². The van der Waals surface area contributed by atoms with Gasteiger partial charge >= 0.3 is 5.97 Å². The minimum atomic E-state index is -1.12. The Morgan fingerprint density at radius 2 is 2.44 bits per heavy atom. The van der Waals surface area contributed by atoms with E-state index in [0.29, 0.717) is 11.9 Å². The molecule has 9 heavy (non-hydrogen) atoms. The van der Waals surface area contributed by atoms with Gasteiger partial charge in [0.1, 0.15) is 6.04 Å². The molecule has 3 N–H and O–H groups in total. The van der Waals surface area contributed by atoms with Crippen molar-refractivity contribution in [2.75, 3.05) is 5.75 Å². The van der Waals surface area contributed by atoms with E-state index in [0.717, 1.165) is 0 Å². The van der Waals surface area contributed by atoms with Crippen LogP contribution in [0.4, 0.5) is 0 Å². The Kier molecular flexibility index (Phi) is 3.98. The molecule has 0 unspecified atom stereocenters. The largest absolute Gasteiger partial charge is 0.480 e. The number of hydrogen-bond donors (Lipinski definition) is 2. The molecule has 0 aromatic rings. The van der Waals surface area contributed by atoms with Crippen molar-refractivity contribution in [2.24, 2.45) is 10.3 Å². The Morgan fingerprint density at radius 1 is 1.89 bits per heavy atom. The second-order valence-corrected chi connectivity index (χ2v) is 2.06. The molecule has 0 amide bonds. The van der Waals surface area contributed by atoms with Crippen LogP contribution in [0.15, 0.2) is 4.58 Å². The summed E-state index contributed by atoms with van der Waals surface area (Å²) in [5.41, 5.74) is 4.98. The molecule has 6 heteroatoms. The van der Waals surface area contributed by atoms with Gasteiger partial charge in [-0.2, -0.15) is 0 Å². The Morgan fingerprint density at radius 3 is 2.78 bits per heavy atom. The summed E-state index contributed by atoms with van der Waals surface area (Å²) >= 11 is 0.608. The lowest BCUT2D eigenvalue weighted by Gasteiger charge is -1.98. The zero-order valence-corrected chi connectivity index (χ0v) is 5.30. The van der Waals surface area contributed by atoms with Crippen LogP contribution in [0.1, 0.15) is 0 Å². The molecule has 0 fully saturated rings. The third-order valence-electron chi connectivity index (χ3n) is 0.624. The zero-order valence-electron chi connectivity index (χ0n) is 4.48. The first-order valence-electron chi connectivity index (χ1n) is 2.11. The van der Waals surface area contributed by atoms with Crippen molar-refractivity contribution in [3.8, 4) is 0 Å². The predicted molar refractivity (Wildman–Crippen MR) is 33.9 cm³/mol. The molecule has 0 radical (unpaired) electrons. The van der Waals surface area contributed by atoms with E-state index < -0.39 is 12.0 Å². The monoisotopic (exact) mass is 151 g/mol. The highest BCUT2D eigenvalue weighted by atomic mass is 32.2. The number of nitrogens with zero attached hydrogens (tertiary/aromatic N) is 1. The fraction of sp³-hybridized carbons (Fsp3) is 0.667. The summed E-state index contributed by atoms with van der Waals surface area (Å²) in [7, 11) is 0. The highest BCUT2D eigenvalue weighted by molar-refractivity contribution is 7.97. The van der Waals surface area contributed by atoms with Gasteiger partial charge < -0.3 is 10.8 Å². The number of carbonyl (C=O) groups is 1. The summed E-state index contributed by atoms with van der Waals surface area (Å²) in [6, 6.07) is -0.993. The SMILES string of the molecule is N[C@@H](CS[15N]=O)C(=O)O. The van der Waals surface area contributed by atoms with Crippen LogP contribution < -0.4 is 5.73 Å². The molecule has 0 spiro atoms. The van der Waals surface area contributed by atoms with Gasteiger partial charge in [0.05, 0.1) is 0 Å². The minimum absolute atomic E-state index is 0.0266. The molecule has 0 bridgehead atoms. The second kappa shape index (κ2) is 4.28. The van der Waals surface area contributed by atoms with E-state index in [1.54, 1.807) is 0 Å². The van der Waals surface area contributed by atoms with Crippen molar-refractivity contribution < 1.29 is 9.90 Å². The fourth-order valence-corrected chi connectivity index (χ4v) is 0.546. The van der Waals surface area contributed by atoms with Crippen LogP contribution in [-0.2, 0) is 4.79 Å². The second-order valence-electron chi connectivity index (χ2n) is 1.32. The average Bonchev–Trinajstić information content (AvgIpc) is 1.82.